The van der Waals surface area contributed by atoms with Crippen molar-refractivity contribution in [2.24, 2.45) is 0 Å². The monoisotopic (exact) mass is 328 g/mol. The van der Waals surface area contributed by atoms with Gasteiger partial charge < -0.3 is 20.4 Å². The summed E-state index contributed by atoms with van der Waals surface area (Å²) in [5.41, 5.74) is 0. The highest BCUT2D eigenvalue weighted by Crippen LogP contribution is 2.13. The molecule has 4 N–H and O–H groups in total. The van der Waals surface area contributed by atoms with Gasteiger partial charge in [-0.1, -0.05) is 44.1 Å². The predicted molar refractivity (Wildman–Crippen MR) is 91.2 cm³/mol. The van der Waals surface area contributed by atoms with Crippen molar-refractivity contribution in [2.45, 2.75) is 83.0 Å². The van der Waals surface area contributed by atoms with E-state index in [1.165, 1.54) is 0 Å². The van der Waals surface area contributed by atoms with E-state index in [1.807, 2.05) is 18.2 Å². The fraction of sp³-hybridized carbons (Fsp3) is 0.722. The standard InChI is InChI=1S/C18H32O5/c1-2-3-4-5-6-9-12-16(20)17(21)14-15(19)11-8-7-10-13-18(22)23/h3-4,6,9,15-17,19-21H,2,5,7-8,10-14H2,1H3,(H,22,23)/b4-3-,9-6-/t15-,16+,17-/m1/s1. The Morgan fingerprint density at radius 1 is 0.957 bits per heavy atom. The summed E-state index contributed by atoms with van der Waals surface area (Å²) in [6, 6.07) is 0. The van der Waals surface area contributed by atoms with Gasteiger partial charge in [-0.05, 0) is 32.1 Å². The van der Waals surface area contributed by atoms with Gasteiger partial charge in [-0.15, -0.1) is 0 Å². The van der Waals surface area contributed by atoms with Crippen LogP contribution in [0, 0.1) is 0 Å². The van der Waals surface area contributed by atoms with Gasteiger partial charge in [0.05, 0.1) is 18.3 Å². The Bertz CT molecular complexity index is 351. The zero-order valence-electron chi connectivity index (χ0n) is 14.1. The van der Waals surface area contributed by atoms with Crippen LogP contribution in [0.2, 0.25) is 0 Å². The number of hydrogen-bond donors (Lipinski definition) is 4. The first-order valence-electron chi connectivity index (χ1n) is 8.53. The van der Waals surface area contributed by atoms with Crippen LogP contribution in [-0.4, -0.2) is 44.7 Å². The molecule has 0 heterocycles. The number of carboxylic acids is 1. The average molecular weight is 328 g/mol. The van der Waals surface area contributed by atoms with E-state index in [0.717, 1.165) is 25.7 Å². The van der Waals surface area contributed by atoms with Crippen LogP contribution >= 0.6 is 0 Å². The van der Waals surface area contributed by atoms with Crippen LogP contribution in [0.3, 0.4) is 0 Å². The summed E-state index contributed by atoms with van der Waals surface area (Å²) >= 11 is 0. The topological polar surface area (TPSA) is 98.0 Å². The second kappa shape index (κ2) is 14.4. The number of aliphatic hydroxyl groups is 3. The Morgan fingerprint density at radius 2 is 1.65 bits per heavy atom. The van der Waals surface area contributed by atoms with Gasteiger partial charge in [0.15, 0.2) is 0 Å². The molecule has 0 rings (SSSR count). The molecule has 3 atom stereocenters. The molecule has 0 radical (unpaired) electrons. The lowest BCUT2D eigenvalue weighted by Crippen LogP contribution is -2.29. The van der Waals surface area contributed by atoms with E-state index >= 15 is 0 Å². The van der Waals surface area contributed by atoms with Crippen molar-refractivity contribution in [1.82, 2.24) is 0 Å². The van der Waals surface area contributed by atoms with Gasteiger partial charge in [0.25, 0.3) is 0 Å². The smallest absolute Gasteiger partial charge is 0.303 e. The molecule has 0 bridgehead atoms. The number of allylic oxidation sites excluding steroid dienone is 3. The Morgan fingerprint density at radius 3 is 2.30 bits per heavy atom. The van der Waals surface area contributed by atoms with Gasteiger partial charge in [0, 0.05) is 12.8 Å². The quantitative estimate of drug-likeness (QED) is 0.290. The molecule has 0 fully saturated rings. The van der Waals surface area contributed by atoms with Crippen LogP contribution in [0.4, 0.5) is 0 Å². The van der Waals surface area contributed by atoms with Gasteiger partial charge in [-0.25, -0.2) is 0 Å². The Labute approximate surface area is 139 Å². The Hall–Kier alpha value is -1.17. The molecule has 0 aliphatic rings. The van der Waals surface area contributed by atoms with E-state index in [2.05, 4.69) is 13.0 Å². The molecule has 0 amide bonds. The minimum absolute atomic E-state index is 0.143. The third-order valence-electron chi connectivity index (χ3n) is 3.60. The molecule has 0 aromatic rings. The van der Waals surface area contributed by atoms with Crippen molar-refractivity contribution in [1.29, 1.82) is 0 Å². The van der Waals surface area contributed by atoms with Crippen LogP contribution in [-0.2, 0) is 4.79 Å². The fourth-order valence-corrected chi connectivity index (χ4v) is 2.22. The maximum Gasteiger partial charge on any atom is 0.303 e. The molecule has 0 aromatic heterocycles. The van der Waals surface area contributed by atoms with Crippen LogP contribution in [0.15, 0.2) is 24.3 Å². The number of carbonyl (C=O) groups is 1. The number of aliphatic hydroxyl groups excluding tert-OH is 3. The van der Waals surface area contributed by atoms with E-state index in [4.69, 9.17) is 5.11 Å². The highest BCUT2D eigenvalue weighted by Gasteiger charge is 2.18. The second-order valence-electron chi connectivity index (χ2n) is 5.84. The van der Waals surface area contributed by atoms with Crippen molar-refractivity contribution in [2.75, 3.05) is 0 Å². The van der Waals surface area contributed by atoms with Crippen LogP contribution in [0.25, 0.3) is 0 Å². The van der Waals surface area contributed by atoms with Crippen LogP contribution < -0.4 is 0 Å². The molecular formula is C18H32O5. The van der Waals surface area contributed by atoms with Crippen molar-refractivity contribution in [3.63, 3.8) is 0 Å². The minimum Gasteiger partial charge on any atom is -0.481 e. The summed E-state index contributed by atoms with van der Waals surface area (Å²) in [5, 5.41) is 38.1. The van der Waals surface area contributed by atoms with Gasteiger partial charge >= 0.3 is 5.97 Å². The normalized spacial score (nSPS) is 16.0. The van der Waals surface area contributed by atoms with Crippen molar-refractivity contribution in [3.8, 4) is 0 Å². The summed E-state index contributed by atoms with van der Waals surface area (Å²) in [6.07, 6.45) is 10.5. The molecule has 0 saturated heterocycles. The first-order chi connectivity index (χ1) is 11.0. The SMILES string of the molecule is CC/C=C\C/C=C\C[C@H](O)[C@H](O)C[C@H](O)CCCCCC(=O)O. The molecule has 0 aliphatic heterocycles. The third-order valence-corrected chi connectivity index (χ3v) is 3.60. The lowest BCUT2D eigenvalue weighted by atomic mass is 10.00. The minimum atomic E-state index is -0.945. The van der Waals surface area contributed by atoms with Gasteiger partial charge in [-0.2, -0.15) is 0 Å². The first kappa shape index (κ1) is 21.8. The molecular weight excluding hydrogens is 296 g/mol. The molecule has 23 heavy (non-hydrogen) atoms. The van der Waals surface area contributed by atoms with E-state index in [0.29, 0.717) is 19.3 Å². The summed E-state index contributed by atoms with van der Waals surface area (Å²) in [5.74, 6) is -0.803. The fourth-order valence-electron chi connectivity index (χ4n) is 2.22. The average Bonchev–Trinajstić information content (AvgIpc) is 2.49. The molecule has 0 aromatic carbocycles. The maximum absolute atomic E-state index is 10.4. The van der Waals surface area contributed by atoms with Crippen LogP contribution in [0.1, 0.15) is 64.7 Å². The lowest BCUT2D eigenvalue weighted by Gasteiger charge is -2.19. The maximum atomic E-state index is 10.4. The first-order valence-corrected chi connectivity index (χ1v) is 8.53. The molecule has 5 heteroatoms. The largest absolute Gasteiger partial charge is 0.481 e. The molecule has 0 spiro atoms. The predicted octanol–water partition coefficient (Wildman–Crippen LogP) is 2.80. The zero-order chi connectivity index (χ0) is 17.5. The summed E-state index contributed by atoms with van der Waals surface area (Å²) in [7, 11) is 0. The highest BCUT2D eigenvalue weighted by atomic mass is 16.4. The van der Waals surface area contributed by atoms with Gasteiger partial charge in [0.2, 0.25) is 0 Å². The molecule has 5 nitrogen and oxygen atoms in total. The molecule has 0 unspecified atom stereocenters. The zero-order valence-corrected chi connectivity index (χ0v) is 14.1. The van der Waals surface area contributed by atoms with E-state index in [9.17, 15) is 20.1 Å². The number of rotatable bonds is 14. The second-order valence-corrected chi connectivity index (χ2v) is 5.84. The third kappa shape index (κ3) is 14.2. The van der Waals surface area contributed by atoms with E-state index in [-0.39, 0.29) is 12.8 Å². The highest BCUT2D eigenvalue weighted by molar-refractivity contribution is 5.66. The van der Waals surface area contributed by atoms with E-state index in [1.54, 1.807) is 0 Å². The number of carboxylic acid groups (broad SMARTS) is 1. The van der Waals surface area contributed by atoms with E-state index < -0.39 is 24.3 Å². The number of aliphatic carboxylic acids is 1. The van der Waals surface area contributed by atoms with Crippen molar-refractivity contribution >= 4 is 5.97 Å². The Kier molecular flexibility index (Phi) is 13.7. The van der Waals surface area contributed by atoms with Gasteiger partial charge in [-0.3, -0.25) is 4.79 Å². The van der Waals surface area contributed by atoms with Gasteiger partial charge in [0.1, 0.15) is 0 Å². The summed E-state index contributed by atoms with van der Waals surface area (Å²) in [4.78, 5) is 10.4. The summed E-state index contributed by atoms with van der Waals surface area (Å²) in [6.45, 7) is 2.07. The molecule has 134 valence electrons. The molecule has 0 aliphatic carbocycles. The van der Waals surface area contributed by atoms with Crippen molar-refractivity contribution in [3.05, 3.63) is 24.3 Å². The van der Waals surface area contributed by atoms with Crippen LogP contribution in [0.5, 0.6) is 0 Å². The van der Waals surface area contributed by atoms with Crippen molar-refractivity contribution < 1.29 is 25.2 Å². The lowest BCUT2D eigenvalue weighted by molar-refractivity contribution is -0.137. The number of unbranched alkanes of at least 4 members (excludes halogenated alkanes) is 2. The molecule has 0 saturated carbocycles. The Balaban J connectivity index is 3.77. The number of hydrogen-bond acceptors (Lipinski definition) is 4. The summed E-state index contributed by atoms with van der Waals surface area (Å²) < 4.78 is 0.